The van der Waals surface area contributed by atoms with Crippen LogP contribution in [0, 0.1) is 6.92 Å². The third-order valence-corrected chi connectivity index (χ3v) is 7.17. The maximum absolute atomic E-state index is 13.0. The van der Waals surface area contributed by atoms with Crippen LogP contribution in [0.5, 0.6) is 0 Å². The van der Waals surface area contributed by atoms with Crippen LogP contribution in [0.25, 0.3) is 0 Å². The Bertz CT molecular complexity index is 939. The Morgan fingerprint density at radius 2 is 1.76 bits per heavy atom. The Morgan fingerprint density at radius 3 is 2.41 bits per heavy atom. The predicted molar refractivity (Wildman–Crippen MR) is 117 cm³/mol. The molecule has 0 bridgehead atoms. The van der Waals surface area contributed by atoms with E-state index >= 15 is 0 Å². The summed E-state index contributed by atoms with van der Waals surface area (Å²) in [6.45, 7) is 5.86. The topological polar surface area (TPSA) is 69.7 Å². The summed E-state index contributed by atoms with van der Waals surface area (Å²) in [5.74, 6) is -0.175. The maximum atomic E-state index is 13.0. The van der Waals surface area contributed by atoms with E-state index < -0.39 is 10.0 Å². The lowest BCUT2D eigenvalue weighted by molar-refractivity contribution is -0.115. The molecule has 156 valence electrons. The number of sulfonamides is 1. The van der Waals surface area contributed by atoms with Gasteiger partial charge in [-0.2, -0.15) is 4.31 Å². The third-order valence-electron chi connectivity index (χ3n) is 5.27. The van der Waals surface area contributed by atoms with Crippen molar-refractivity contribution < 1.29 is 13.2 Å². The van der Waals surface area contributed by atoms with Crippen LogP contribution in [0.15, 0.2) is 53.4 Å². The van der Waals surface area contributed by atoms with Crippen molar-refractivity contribution in [3.63, 3.8) is 0 Å². The summed E-state index contributed by atoms with van der Waals surface area (Å²) in [7, 11) is -3.54. The Hall–Kier alpha value is -2.38. The molecule has 1 saturated heterocycles. The summed E-state index contributed by atoms with van der Waals surface area (Å²) in [5, 5.41) is 2.90. The minimum atomic E-state index is -3.54. The van der Waals surface area contributed by atoms with E-state index in [2.05, 4.69) is 5.32 Å². The SMILES string of the molecule is CCN(CC(=O)Nc1cc(S(=O)(=O)N2CCCCC2)ccc1C)c1ccccc1. The lowest BCUT2D eigenvalue weighted by Crippen LogP contribution is -2.35. The van der Waals surface area contributed by atoms with E-state index in [9.17, 15) is 13.2 Å². The van der Waals surface area contributed by atoms with Gasteiger partial charge in [-0.1, -0.05) is 30.7 Å². The van der Waals surface area contributed by atoms with Gasteiger partial charge in [-0.3, -0.25) is 4.79 Å². The molecule has 1 fully saturated rings. The monoisotopic (exact) mass is 415 g/mol. The second kappa shape index (κ2) is 9.41. The molecule has 3 rings (SSSR count). The van der Waals surface area contributed by atoms with Gasteiger partial charge in [0, 0.05) is 31.0 Å². The molecule has 0 saturated carbocycles. The molecule has 0 aromatic heterocycles. The third kappa shape index (κ3) is 5.16. The molecule has 1 heterocycles. The molecule has 0 aliphatic carbocycles. The number of anilines is 2. The summed E-state index contributed by atoms with van der Waals surface area (Å²) < 4.78 is 27.4. The van der Waals surface area contributed by atoms with E-state index in [0.29, 0.717) is 25.3 Å². The number of nitrogens with zero attached hydrogens (tertiary/aromatic N) is 2. The van der Waals surface area contributed by atoms with Gasteiger partial charge >= 0.3 is 0 Å². The summed E-state index contributed by atoms with van der Waals surface area (Å²) in [4.78, 5) is 14.9. The Labute approximate surface area is 173 Å². The fourth-order valence-electron chi connectivity index (χ4n) is 3.54. The quantitative estimate of drug-likeness (QED) is 0.750. The van der Waals surface area contributed by atoms with E-state index in [1.807, 2.05) is 49.1 Å². The number of likely N-dealkylation sites (N-methyl/N-ethyl adjacent to an activating group) is 1. The van der Waals surface area contributed by atoms with Crippen LogP contribution in [-0.4, -0.2) is 44.8 Å². The maximum Gasteiger partial charge on any atom is 0.243 e. The molecule has 0 atom stereocenters. The molecule has 1 N–H and O–H groups in total. The summed E-state index contributed by atoms with van der Waals surface area (Å²) in [5.41, 5.74) is 2.35. The summed E-state index contributed by atoms with van der Waals surface area (Å²) in [6.07, 6.45) is 2.85. The van der Waals surface area contributed by atoms with Crippen LogP contribution in [0.2, 0.25) is 0 Å². The fourth-order valence-corrected chi connectivity index (χ4v) is 5.08. The normalized spacial score (nSPS) is 15.1. The highest BCUT2D eigenvalue weighted by atomic mass is 32.2. The van der Waals surface area contributed by atoms with E-state index in [-0.39, 0.29) is 17.3 Å². The number of carbonyl (C=O) groups is 1. The van der Waals surface area contributed by atoms with Gasteiger partial charge in [-0.05, 0) is 56.5 Å². The highest BCUT2D eigenvalue weighted by molar-refractivity contribution is 7.89. The van der Waals surface area contributed by atoms with Crippen LogP contribution in [0.1, 0.15) is 31.7 Å². The smallest absolute Gasteiger partial charge is 0.243 e. The van der Waals surface area contributed by atoms with Crippen LogP contribution in [-0.2, 0) is 14.8 Å². The van der Waals surface area contributed by atoms with Gasteiger partial charge in [0.05, 0.1) is 11.4 Å². The number of para-hydroxylation sites is 1. The molecule has 2 aromatic carbocycles. The standard InChI is InChI=1S/C22H29N3O3S/c1-3-24(19-10-6-4-7-11-19)17-22(26)23-21-16-20(13-12-18(21)2)29(27,28)25-14-8-5-9-15-25/h4,6-7,10-13,16H,3,5,8-9,14-15,17H2,1-2H3,(H,23,26). The molecule has 6 nitrogen and oxygen atoms in total. The Kier molecular flexibility index (Phi) is 6.92. The molecular weight excluding hydrogens is 386 g/mol. The number of piperidine rings is 1. The first kappa shape index (κ1) is 21.3. The lowest BCUT2D eigenvalue weighted by atomic mass is 10.2. The predicted octanol–water partition coefficient (Wildman–Crippen LogP) is 3.63. The molecule has 0 spiro atoms. The van der Waals surface area contributed by atoms with Gasteiger partial charge in [-0.25, -0.2) is 8.42 Å². The first-order chi connectivity index (χ1) is 13.9. The number of aryl methyl sites for hydroxylation is 1. The number of nitrogens with one attached hydrogen (secondary N) is 1. The number of hydrogen-bond acceptors (Lipinski definition) is 4. The Morgan fingerprint density at radius 1 is 1.07 bits per heavy atom. The lowest BCUT2D eigenvalue weighted by Gasteiger charge is -2.26. The second-order valence-corrected chi connectivity index (χ2v) is 9.28. The van der Waals surface area contributed by atoms with E-state index in [0.717, 1.165) is 30.5 Å². The molecule has 0 radical (unpaired) electrons. The van der Waals surface area contributed by atoms with Crippen molar-refractivity contribution >= 4 is 27.3 Å². The van der Waals surface area contributed by atoms with Crippen molar-refractivity contribution in [2.24, 2.45) is 0 Å². The first-order valence-electron chi connectivity index (χ1n) is 10.1. The second-order valence-electron chi connectivity index (χ2n) is 7.34. The van der Waals surface area contributed by atoms with Crippen LogP contribution in [0.4, 0.5) is 11.4 Å². The van der Waals surface area contributed by atoms with E-state index in [1.165, 1.54) is 0 Å². The van der Waals surface area contributed by atoms with Gasteiger partial charge in [0.15, 0.2) is 0 Å². The Balaban J connectivity index is 1.75. The van der Waals surface area contributed by atoms with Gasteiger partial charge < -0.3 is 10.2 Å². The number of rotatable bonds is 7. The molecule has 1 aliphatic rings. The van der Waals surface area contributed by atoms with Gasteiger partial charge in [0.25, 0.3) is 0 Å². The number of carbonyl (C=O) groups excluding carboxylic acids is 1. The average molecular weight is 416 g/mol. The minimum Gasteiger partial charge on any atom is -0.362 e. The molecule has 7 heteroatoms. The van der Waals surface area contributed by atoms with Crippen LogP contribution < -0.4 is 10.2 Å². The fraction of sp³-hybridized carbons (Fsp3) is 0.409. The van der Waals surface area contributed by atoms with Crippen LogP contribution in [0.3, 0.4) is 0 Å². The van der Waals surface area contributed by atoms with Gasteiger partial charge in [0.1, 0.15) is 0 Å². The first-order valence-corrected chi connectivity index (χ1v) is 11.6. The molecule has 0 unspecified atom stereocenters. The summed E-state index contributed by atoms with van der Waals surface area (Å²) in [6, 6.07) is 14.7. The van der Waals surface area contributed by atoms with E-state index in [4.69, 9.17) is 0 Å². The van der Waals surface area contributed by atoms with Crippen molar-refractivity contribution in [1.29, 1.82) is 0 Å². The van der Waals surface area contributed by atoms with Crippen molar-refractivity contribution in [1.82, 2.24) is 4.31 Å². The molecule has 1 aliphatic heterocycles. The minimum absolute atomic E-state index is 0.175. The van der Waals surface area contributed by atoms with E-state index in [1.54, 1.807) is 22.5 Å². The number of benzene rings is 2. The van der Waals surface area contributed by atoms with Crippen LogP contribution >= 0.6 is 0 Å². The molecular formula is C22H29N3O3S. The molecule has 29 heavy (non-hydrogen) atoms. The molecule has 1 amide bonds. The zero-order valence-electron chi connectivity index (χ0n) is 17.1. The van der Waals surface area contributed by atoms with Crippen molar-refractivity contribution in [3.8, 4) is 0 Å². The van der Waals surface area contributed by atoms with Crippen molar-refractivity contribution in [3.05, 3.63) is 54.1 Å². The number of amides is 1. The largest absolute Gasteiger partial charge is 0.362 e. The highest BCUT2D eigenvalue weighted by Gasteiger charge is 2.26. The van der Waals surface area contributed by atoms with Gasteiger partial charge in [-0.15, -0.1) is 0 Å². The van der Waals surface area contributed by atoms with Crippen molar-refractivity contribution in [2.75, 3.05) is 36.4 Å². The summed E-state index contributed by atoms with van der Waals surface area (Å²) >= 11 is 0. The zero-order chi connectivity index (χ0) is 20.9. The van der Waals surface area contributed by atoms with Crippen molar-refractivity contribution in [2.45, 2.75) is 38.0 Å². The molecule has 2 aromatic rings. The average Bonchev–Trinajstić information content (AvgIpc) is 2.74. The highest BCUT2D eigenvalue weighted by Crippen LogP contribution is 2.25. The number of hydrogen-bond donors (Lipinski definition) is 1. The zero-order valence-corrected chi connectivity index (χ0v) is 17.9. The van der Waals surface area contributed by atoms with Gasteiger partial charge in [0.2, 0.25) is 15.9 Å².